The van der Waals surface area contributed by atoms with Gasteiger partial charge in [0.2, 0.25) is 0 Å². The van der Waals surface area contributed by atoms with Gasteiger partial charge in [0, 0.05) is 22.3 Å². The van der Waals surface area contributed by atoms with Crippen molar-refractivity contribution < 1.29 is 0 Å². The van der Waals surface area contributed by atoms with E-state index in [9.17, 15) is 0 Å². The third-order valence-electron chi connectivity index (χ3n) is 5.73. The number of hydrogen-bond acceptors (Lipinski definition) is 2. The van der Waals surface area contributed by atoms with Crippen LogP contribution >= 0.6 is 11.3 Å². The molecule has 2 heterocycles. The van der Waals surface area contributed by atoms with Gasteiger partial charge in [0.25, 0.3) is 0 Å². The summed E-state index contributed by atoms with van der Waals surface area (Å²) in [5.74, 6) is 0. The van der Waals surface area contributed by atoms with Crippen molar-refractivity contribution in [2.24, 2.45) is 0 Å². The Labute approximate surface area is 158 Å². The number of unbranched alkanes of at least 4 members (excludes halogenated alkanes) is 1. The third kappa shape index (κ3) is 4.17. The average molecular weight is 356 g/mol. The summed E-state index contributed by atoms with van der Waals surface area (Å²) in [7, 11) is 0. The number of thiophene rings is 1. The Morgan fingerprint density at radius 3 is 2.72 bits per heavy atom. The molecule has 1 unspecified atom stereocenters. The maximum atomic E-state index is 2.68. The fraction of sp³-hybridized carbons (Fsp3) is 0.565. The van der Waals surface area contributed by atoms with E-state index in [2.05, 4.69) is 68.2 Å². The first-order chi connectivity index (χ1) is 12.2. The van der Waals surface area contributed by atoms with Crippen LogP contribution in [0.2, 0.25) is 0 Å². The number of aryl methyl sites for hydroxylation is 3. The van der Waals surface area contributed by atoms with E-state index in [-0.39, 0.29) is 0 Å². The highest BCUT2D eigenvalue weighted by molar-refractivity contribution is 7.12. The highest BCUT2D eigenvalue weighted by Gasteiger charge is 2.28. The lowest BCUT2D eigenvalue weighted by Crippen LogP contribution is -2.35. The van der Waals surface area contributed by atoms with Crippen molar-refractivity contribution >= 4 is 11.3 Å². The van der Waals surface area contributed by atoms with Gasteiger partial charge in [-0.3, -0.25) is 4.90 Å². The van der Waals surface area contributed by atoms with Gasteiger partial charge in [0.05, 0.1) is 0 Å². The SMILES string of the molecule is CCCCc1cc2c(s1)CCN(CC)C2Cc1ccc(C)c(CC)c1. The van der Waals surface area contributed by atoms with Gasteiger partial charge >= 0.3 is 0 Å². The summed E-state index contributed by atoms with van der Waals surface area (Å²) in [5.41, 5.74) is 6.06. The molecule has 1 aliphatic heterocycles. The highest BCUT2D eigenvalue weighted by Crippen LogP contribution is 2.38. The molecule has 1 aliphatic rings. The molecule has 25 heavy (non-hydrogen) atoms. The lowest BCUT2D eigenvalue weighted by atomic mass is 9.91. The summed E-state index contributed by atoms with van der Waals surface area (Å²) in [5, 5.41) is 0. The summed E-state index contributed by atoms with van der Waals surface area (Å²) in [6.07, 6.45) is 7.39. The molecular formula is C23H33NS. The normalized spacial score (nSPS) is 17.7. The van der Waals surface area contributed by atoms with Gasteiger partial charge in [-0.15, -0.1) is 11.3 Å². The van der Waals surface area contributed by atoms with Crippen LogP contribution in [0.1, 0.15) is 71.7 Å². The molecule has 0 fully saturated rings. The number of rotatable bonds is 7. The standard InChI is InChI=1S/C23H33NS/c1-5-8-9-20-16-21-22(24(7-3)13-12-23(21)25-20)15-18-11-10-17(4)19(6-2)14-18/h10-11,14,16,22H,5-9,12-13,15H2,1-4H3. The van der Waals surface area contributed by atoms with Crippen molar-refractivity contribution in [2.45, 2.75) is 72.3 Å². The van der Waals surface area contributed by atoms with Gasteiger partial charge in [0.1, 0.15) is 0 Å². The Kier molecular flexibility index (Phi) is 6.35. The summed E-state index contributed by atoms with van der Waals surface area (Å²) in [4.78, 5) is 5.95. The van der Waals surface area contributed by atoms with E-state index >= 15 is 0 Å². The molecule has 0 saturated carbocycles. The number of nitrogens with zero attached hydrogens (tertiary/aromatic N) is 1. The lowest BCUT2D eigenvalue weighted by molar-refractivity contribution is 0.195. The zero-order valence-electron chi connectivity index (χ0n) is 16.4. The molecule has 0 radical (unpaired) electrons. The second-order valence-corrected chi connectivity index (χ2v) is 8.63. The second-order valence-electron chi connectivity index (χ2n) is 7.41. The van der Waals surface area contributed by atoms with Crippen LogP contribution in [0.3, 0.4) is 0 Å². The molecule has 1 aromatic heterocycles. The van der Waals surface area contributed by atoms with Gasteiger partial charge in [-0.05, 0) is 73.9 Å². The van der Waals surface area contributed by atoms with Crippen molar-refractivity contribution in [3.8, 4) is 0 Å². The Hall–Kier alpha value is -1.12. The largest absolute Gasteiger partial charge is 0.296 e. The predicted molar refractivity (Wildman–Crippen MR) is 111 cm³/mol. The first-order valence-electron chi connectivity index (χ1n) is 10.1. The fourth-order valence-electron chi connectivity index (χ4n) is 4.12. The molecule has 1 aromatic carbocycles. The quantitative estimate of drug-likeness (QED) is 0.578. The Bertz CT molecular complexity index is 700. The first-order valence-corrected chi connectivity index (χ1v) is 10.9. The molecule has 0 N–H and O–H groups in total. The van der Waals surface area contributed by atoms with E-state index in [1.807, 2.05) is 0 Å². The molecule has 0 spiro atoms. The molecule has 2 aromatic rings. The molecule has 1 nitrogen and oxygen atoms in total. The fourth-order valence-corrected chi connectivity index (χ4v) is 5.38. The number of fused-ring (bicyclic) bond motifs is 1. The monoisotopic (exact) mass is 355 g/mol. The van der Waals surface area contributed by atoms with E-state index in [0.29, 0.717) is 6.04 Å². The average Bonchev–Trinajstić information content (AvgIpc) is 3.05. The first kappa shape index (κ1) is 18.7. The van der Waals surface area contributed by atoms with Crippen LogP contribution < -0.4 is 0 Å². The second kappa shape index (κ2) is 8.51. The molecule has 0 bridgehead atoms. The van der Waals surface area contributed by atoms with Crippen LogP contribution in [-0.4, -0.2) is 18.0 Å². The third-order valence-corrected chi connectivity index (χ3v) is 7.00. The van der Waals surface area contributed by atoms with E-state index in [1.165, 1.54) is 48.9 Å². The molecule has 136 valence electrons. The summed E-state index contributed by atoms with van der Waals surface area (Å²) in [6, 6.07) is 10.2. The molecule has 0 saturated heterocycles. The van der Waals surface area contributed by atoms with E-state index in [4.69, 9.17) is 0 Å². The molecule has 3 rings (SSSR count). The number of hydrogen-bond donors (Lipinski definition) is 0. The minimum absolute atomic E-state index is 0.563. The summed E-state index contributed by atoms with van der Waals surface area (Å²) in [6.45, 7) is 11.5. The van der Waals surface area contributed by atoms with E-state index in [1.54, 1.807) is 15.3 Å². The Morgan fingerprint density at radius 2 is 2.00 bits per heavy atom. The smallest absolute Gasteiger partial charge is 0.0399 e. The number of likely N-dealkylation sites (N-methyl/N-ethyl adjacent to an activating group) is 1. The highest BCUT2D eigenvalue weighted by atomic mass is 32.1. The van der Waals surface area contributed by atoms with Crippen molar-refractivity contribution in [1.29, 1.82) is 0 Å². The minimum atomic E-state index is 0.563. The van der Waals surface area contributed by atoms with Crippen LogP contribution in [0.15, 0.2) is 24.3 Å². The van der Waals surface area contributed by atoms with Crippen LogP contribution in [0, 0.1) is 6.92 Å². The van der Waals surface area contributed by atoms with Crippen molar-refractivity contribution in [1.82, 2.24) is 4.90 Å². The van der Waals surface area contributed by atoms with Crippen LogP contribution in [-0.2, 0) is 25.7 Å². The minimum Gasteiger partial charge on any atom is -0.296 e. The molecule has 1 atom stereocenters. The van der Waals surface area contributed by atoms with Crippen LogP contribution in [0.5, 0.6) is 0 Å². The predicted octanol–water partition coefficient (Wildman–Crippen LogP) is 6.12. The van der Waals surface area contributed by atoms with Gasteiger partial charge in [-0.25, -0.2) is 0 Å². The molecule has 0 amide bonds. The molecular weight excluding hydrogens is 322 g/mol. The molecule has 2 heteroatoms. The zero-order chi connectivity index (χ0) is 17.8. The Balaban J connectivity index is 1.87. The van der Waals surface area contributed by atoms with Crippen LogP contribution in [0.25, 0.3) is 0 Å². The van der Waals surface area contributed by atoms with Gasteiger partial charge < -0.3 is 0 Å². The Morgan fingerprint density at radius 1 is 1.16 bits per heavy atom. The van der Waals surface area contributed by atoms with Gasteiger partial charge in [0.15, 0.2) is 0 Å². The van der Waals surface area contributed by atoms with Crippen molar-refractivity contribution in [3.05, 3.63) is 56.3 Å². The number of benzene rings is 1. The van der Waals surface area contributed by atoms with Gasteiger partial charge in [-0.1, -0.05) is 45.4 Å². The maximum absolute atomic E-state index is 2.68. The maximum Gasteiger partial charge on any atom is 0.0399 e. The van der Waals surface area contributed by atoms with Crippen molar-refractivity contribution in [2.75, 3.05) is 13.1 Å². The summed E-state index contributed by atoms with van der Waals surface area (Å²) < 4.78 is 0. The van der Waals surface area contributed by atoms with Crippen molar-refractivity contribution in [3.63, 3.8) is 0 Å². The molecule has 0 aliphatic carbocycles. The topological polar surface area (TPSA) is 3.24 Å². The van der Waals surface area contributed by atoms with E-state index in [0.717, 1.165) is 19.4 Å². The zero-order valence-corrected chi connectivity index (χ0v) is 17.2. The van der Waals surface area contributed by atoms with E-state index < -0.39 is 0 Å². The van der Waals surface area contributed by atoms with Gasteiger partial charge in [-0.2, -0.15) is 0 Å². The summed E-state index contributed by atoms with van der Waals surface area (Å²) >= 11 is 2.09. The lowest BCUT2D eigenvalue weighted by Gasteiger charge is -2.35. The van der Waals surface area contributed by atoms with Crippen LogP contribution in [0.4, 0.5) is 0 Å².